The van der Waals surface area contributed by atoms with Crippen LogP contribution < -0.4 is 11.2 Å². The number of amides is 3. The molecular weight excluding hydrogens is 693 g/mol. The first-order chi connectivity index (χ1) is 23.8. The first-order valence-corrected chi connectivity index (χ1v) is 16.9. The molecule has 0 saturated carbocycles. The summed E-state index contributed by atoms with van der Waals surface area (Å²) in [4.78, 5) is 45.4. The van der Waals surface area contributed by atoms with Gasteiger partial charge in [-0.25, -0.2) is 19.7 Å². The van der Waals surface area contributed by atoms with Crippen LogP contribution in [0.3, 0.4) is 0 Å². The molecule has 2 aliphatic heterocycles. The van der Waals surface area contributed by atoms with Crippen LogP contribution in [0, 0.1) is 5.41 Å². The number of rotatable bonds is 14. The number of carbonyl (C=O) groups excluding carboxylic acids is 3. The van der Waals surface area contributed by atoms with Gasteiger partial charge in [0.15, 0.2) is 6.10 Å². The highest BCUT2D eigenvalue weighted by molar-refractivity contribution is 6.00. The van der Waals surface area contributed by atoms with Gasteiger partial charge in [0, 0.05) is 62.9 Å². The number of nitrogens with zero attached hydrogens (tertiary/aromatic N) is 4. The first-order valence-electron chi connectivity index (χ1n) is 16.9. The molecule has 0 aliphatic carbocycles. The lowest BCUT2D eigenvalue weighted by molar-refractivity contribution is -0.131. The standard InChI is InChI=1S/C37H43N7O5.2ClH/c1-2-48-22-6-19-43-31-15-14-28(24-30(31)40-33(43)16-11-25-9-12-27(13-10-25)34(38)39)35(45)41-42-20-17-29(18-21-42)44-36(46)32(49-37(44)47)23-26-7-4-3-5-8-26;;/h3-5,7-10,12-15,24,29,32H,2,6,11,16-23H2,1H3,(H3,38,39)(H,41,45);2*1H. The molecule has 0 spiro atoms. The van der Waals surface area contributed by atoms with Crippen LogP contribution in [0.15, 0.2) is 72.8 Å². The molecule has 1 atom stereocenters. The van der Waals surface area contributed by atoms with E-state index in [0.717, 1.165) is 47.4 Å². The van der Waals surface area contributed by atoms with Crippen molar-refractivity contribution in [2.75, 3.05) is 26.3 Å². The molecule has 4 N–H and O–H groups in total. The fourth-order valence-corrected chi connectivity index (χ4v) is 6.54. The van der Waals surface area contributed by atoms with Gasteiger partial charge in [0.1, 0.15) is 11.7 Å². The van der Waals surface area contributed by atoms with Crippen molar-refractivity contribution in [3.63, 3.8) is 0 Å². The maximum absolute atomic E-state index is 13.4. The zero-order chi connectivity index (χ0) is 34.3. The Balaban J connectivity index is 0.00000292. The SMILES string of the molecule is CCOCCCn1c(CCc2ccc(C(=N)N)cc2)nc2cc(C(=O)NN3CCC(N4C(=O)OC(Cc5ccccc5)C4=O)CC3)ccc21.Cl.Cl. The lowest BCUT2D eigenvalue weighted by Gasteiger charge is -2.34. The quantitative estimate of drug-likeness (QED) is 0.0920. The van der Waals surface area contributed by atoms with Gasteiger partial charge in [-0.2, -0.15) is 0 Å². The minimum absolute atomic E-state index is 0. The second kappa shape index (κ2) is 18.1. The number of hydrogen-bond acceptors (Lipinski definition) is 8. The second-order valence-electron chi connectivity index (χ2n) is 12.5. The van der Waals surface area contributed by atoms with Crippen molar-refractivity contribution >= 4 is 59.6 Å². The maximum atomic E-state index is 13.4. The molecule has 272 valence electrons. The Morgan fingerprint density at radius 3 is 2.37 bits per heavy atom. The van der Waals surface area contributed by atoms with Crippen molar-refractivity contribution < 1.29 is 23.9 Å². The first kappa shape index (κ1) is 39.3. The number of ether oxygens (including phenoxy) is 2. The van der Waals surface area contributed by atoms with E-state index in [4.69, 9.17) is 25.6 Å². The summed E-state index contributed by atoms with van der Waals surface area (Å²) in [6.45, 7) is 5.03. The molecule has 51 heavy (non-hydrogen) atoms. The van der Waals surface area contributed by atoms with Crippen molar-refractivity contribution in [3.8, 4) is 0 Å². The number of benzene rings is 3. The summed E-state index contributed by atoms with van der Waals surface area (Å²) in [5.41, 5.74) is 13.6. The van der Waals surface area contributed by atoms with Crippen molar-refractivity contribution in [2.24, 2.45) is 5.73 Å². The zero-order valence-corrected chi connectivity index (χ0v) is 30.2. The summed E-state index contributed by atoms with van der Waals surface area (Å²) in [5.74, 6) is 0.443. The van der Waals surface area contributed by atoms with Gasteiger partial charge in [-0.3, -0.25) is 20.4 Å². The van der Waals surface area contributed by atoms with Crippen LogP contribution in [0.4, 0.5) is 4.79 Å². The minimum Gasteiger partial charge on any atom is -0.435 e. The second-order valence-corrected chi connectivity index (χ2v) is 12.5. The highest BCUT2D eigenvalue weighted by Gasteiger charge is 2.45. The van der Waals surface area contributed by atoms with E-state index in [-0.39, 0.29) is 48.5 Å². The monoisotopic (exact) mass is 737 g/mol. The molecule has 3 heterocycles. The summed E-state index contributed by atoms with van der Waals surface area (Å²) < 4.78 is 13.2. The topological polar surface area (TPSA) is 156 Å². The summed E-state index contributed by atoms with van der Waals surface area (Å²) in [5, 5.41) is 9.47. The number of amidine groups is 1. The van der Waals surface area contributed by atoms with E-state index in [2.05, 4.69) is 9.99 Å². The van der Waals surface area contributed by atoms with E-state index in [1.54, 1.807) is 0 Å². The van der Waals surface area contributed by atoms with E-state index in [9.17, 15) is 14.4 Å². The number of imidazole rings is 1. The molecule has 1 unspecified atom stereocenters. The summed E-state index contributed by atoms with van der Waals surface area (Å²) in [6, 6.07) is 22.5. The number of nitrogen functional groups attached to an aromatic ring is 1. The number of piperidine rings is 1. The van der Waals surface area contributed by atoms with Crippen molar-refractivity contribution in [1.82, 2.24) is 24.9 Å². The van der Waals surface area contributed by atoms with E-state index < -0.39 is 12.2 Å². The van der Waals surface area contributed by atoms with Gasteiger partial charge < -0.3 is 19.8 Å². The lowest BCUT2D eigenvalue weighted by atomic mass is 10.0. The molecule has 12 nitrogen and oxygen atoms in total. The van der Waals surface area contributed by atoms with Gasteiger partial charge in [-0.1, -0.05) is 54.6 Å². The number of nitrogens with one attached hydrogen (secondary N) is 2. The zero-order valence-electron chi connectivity index (χ0n) is 28.6. The smallest absolute Gasteiger partial charge is 0.417 e. The molecule has 1 aromatic heterocycles. The molecule has 4 aromatic rings. The average molecular weight is 739 g/mol. The molecule has 3 aromatic carbocycles. The fraction of sp³-hybridized carbons (Fsp3) is 0.378. The van der Waals surface area contributed by atoms with Gasteiger partial charge in [0.2, 0.25) is 0 Å². The van der Waals surface area contributed by atoms with Crippen LogP contribution in [-0.2, 0) is 40.1 Å². The molecule has 0 bridgehead atoms. The van der Waals surface area contributed by atoms with Crippen LogP contribution in [0.25, 0.3) is 11.0 Å². The lowest BCUT2D eigenvalue weighted by Crippen LogP contribution is -2.52. The van der Waals surface area contributed by atoms with Crippen molar-refractivity contribution in [2.45, 2.75) is 64.1 Å². The van der Waals surface area contributed by atoms with Crippen molar-refractivity contribution in [1.29, 1.82) is 5.41 Å². The van der Waals surface area contributed by atoms with Crippen LogP contribution in [-0.4, -0.2) is 81.7 Å². The molecule has 6 rings (SSSR count). The number of hydrogen-bond donors (Lipinski definition) is 3. The fourth-order valence-electron chi connectivity index (χ4n) is 6.54. The van der Waals surface area contributed by atoms with E-state index >= 15 is 0 Å². The van der Waals surface area contributed by atoms with Gasteiger partial charge in [0.05, 0.1) is 11.0 Å². The number of aryl methyl sites for hydroxylation is 3. The minimum atomic E-state index is -0.810. The van der Waals surface area contributed by atoms with Crippen molar-refractivity contribution in [3.05, 3.63) is 101 Å². The summed E-state index contributed by atoms with van der Waals surface area (Å²) >= 11 is 0. The number of cyclic esters (lactones) is 1. The third kappa shape index (κ3) is 9.44. The molecule has 0 radical (unpaired) electrons. The highest BCUT2D eigenvalue weighted by Crippen LogP contribution is 2.26. The Hall–Kier alpha value is -4.49. The number of nitrogens with two attached hydrogens (primary N) is 1. The third-order valence-corrected chi connectivity index (χ3v) is 9.17. The molecular formula is C37H45Cl2N7O5. The molecule has 2 aliphatic rings. The Bertz CT molecular complexity index is 1810. The van der Waals surface area contributed by atoms with Gasteiger partial charge in [0.25, 0.3) is 11.8 Å². The van der Waals surface area contributed by atoms with Gasteiger partial charge >= 0.3 is 6.09 Å². The molecule has 2 fully saturated rings. The van der Waals surface area contributed by atoms with Crippen LogP contribution >= 0.6 is 24.8 Å². The number of aromatic nitrogens is 2. The Labute approximate surface area is 310 Å². The Morgan fingerprint density at radius 1 is 0.980 bits per heavy atom. The largest absolute Gasteiger partial charge is 0.435 e. The summed E-state index contributed by atoms with van der Waals surface area (Å²) in [6.07, 6.45) is 2.33. The normalized spacial score (nSPS) is 16.4. The molecule has 3 amide bonds. The van der Waals surface area contributed by atoms with Gasteiger partial charge in [-0.15, -0.1) is 24.8 Å². The third-order valence-electron chi connectivity index (χ3n) is 9.17. The van der Waals surface area contributed by atoms with E-state index in [0.29, 0.717) is 63.1 Å². The van der Waals surface area contributed by atoms with Crippen LogP contribution in [0.5, 0.6) is 0 Å². The number of imide groups is 1. The molecule has 14 heteroatoms. The van der Waals surface area contributed by atoms with E-state index in [1.807, 2.05) is 84.7 Å². The molecule has 2 saturated heterocycles. The number of halogens is 2. The summed E-state index contributed by atoms with van der Waals surface area (Å²) in [7, 11) is 0. The highest BCUT2D eigenvalue weighted by atomic mass is 35.5. The Morgan fingerprint density at radius 2 is 1.69 bits per heavy atom. The van der Waals surface area contributed by atoms with Crippen LogP contribution in [0.1, 0.15) is 59.1 Å². The number of fused-ring (bicyclic) bond motifs is 1. The van der Waals surface area contributed by atoms with Crippen LogP contribution in [0.2, 0.25) is 0 Å². The predicted octanol–water partition coefficient (Wildman–Crippen LogP) is 5.08. The predicted molar refractivity (Wildman–Crippen MR) is 200 cm³/mol. The Kier molecular flexibility index (Phi) is 14.0. The number of carbonyl (C=O) groups is 3. The van der Waals surface area contributed by atoms with Gasteiger partial charge in [-0.05, 0) is 61.9 Å². The number of hydrazine groups is 1. The average Bonchev–Trinajstić information content (AvgIpc) is 3.60. The van der Waals surface area contributed by atoms with E-state index in [1.165, 1.54) is 4.90 Å². The maximum Gasteiger partial charge on any atom is 0.417 e.